The van der Waals surface area contributed by atoms with Crippen molar-refractivity contribution in [3.05, 3.63) is 5.53 Å². The van der Waals surface area contributed by atoms with E-state index >= 15 is 0 Å². The Morgan fingerprint density at radius 3 is 1.29 bits per heavy atom. The van der Waals surface area contributed by atoms with E-state index in [4.69, 9.17) is 11.4 Å². The van der Waals surface area contributed by atoms with Crippen LogP contribution in [0.1, 0.15) is 0 Å². The molecule has 0 aromatic heterocycles. The molecule has 4 N–H and O–H groups in total. The molecule has 0 unspecified atom stereocenters. The van der Waals surface area contributed by atoms with E-state index in [0.29, 0.717) is 0 Å². The van der Waals surface area contributed by atoms with Gasteiger partial charge in [-0.3, -0.25) is 5.22 Å². The molecule has 7 heteroatoms. The van der Waals surface area contributed by atoms with Crippen molar-refractivity contribution in [3.63, 3.8) is 0 Å². The van der Waals surface area contributed by atoms with Crippen molar-refractivity contribution in [2.45, 2.75) is 0 Å². The van der Waals surface area contributed by atoms with Crippen LogP contribution in [0, 0.1) is 0 Å². The van der Waals surface area contributed by atoms with Crippen LogP contribution in [0.3, 0.4) is 0 Å². The van der Waals surface area contributed by atoms with Gasteiger partial charge in [0.2, 0.25) is 0 Å². The van der Waals surface area contributed by atoms with Crippen LogP contribution >= 0.6 is 0 Å². The van der Waals surface area contributed by atoms with Crippen LogP contribution in [0.2, 0.25) is 0 Å². The molecule has 0 aliphatic heterocycles. The summed E-state index contributed by atoms with van der Waals surface area (Å²) in [5.74, 6) is 6.75. The maximum atomic E-state index is 6.75. The fourth-order valence-corrected chi connectivity index (χ4v) is 0. The van der Waals surface area contributed by atoms with Gasteiger partial charge in [0, 0.05) is 0 Å². The molecular weight excluding hydrogens is 161 g/mol. The predicted molar refractivity (Wildman–Crippen MR) is 15.1 cm³/mol. The first-order chi connectivity index (χ1) is 1.41. The van der Waals surface area contributed by atoms with E-state index in [1.54, 1.807) is 0 Å². The Balaban J connectivity index is -0.00000000333. The van der Waals surface area contributed by atoms with E-state index in [0.717, 1.165) is 0 Å². The molecule has 5 nitrogen and oxygen atoms in total. The summed E-state index contributed by atoms with van der Waals surface area (Å²) in [5, 5.41) is 1.50. The second-order valence-electron chi connectivity index (χ2n) is 0.0894. The molecule has 0 bridgehead atoms. The predicted octanol–water partition coefficient (Wildman–Crippen LogP) is -4.66. The molecule has 0 fully saturated rings. The summed E-state index contributed by atoms with van der Waals surface area (Å²) in [6, 6.07) is 0. The van der Waals surface area contributed by atoms with Crippen molar-refractivity contribution in [1.29, 1.82) is 0 Å². The molecular formula is H4ClCrN3O2. The zero-order valence-electron chi connectivity index (χ0n) is 3.13. The van der Waals surface area contributed by atoms with Crippen LogP contribution in [-0.2, 0) is 17.4 Å². The normalized spacial score (nSPS) is 1.71. The zero-order valence-corrected chi connectivity index (χ0v) is 5.16. The largest absolute Gasteiger partial charge is 2.00 e. The van der Waals surface area contributed by atoms with Crippen LogP contribution in [-0.4, -0.2) is 11.0 Å². The molecule has 0 aromatic rings. The second kappa shape index (κ2) is 124. The van der Waals surface area contributed by atoms with Crippen LogP contribution < -0.4 is 18.2 Å². The average Bonchev–Trinajstić information content (AvgIpc) is 0.918. The smallest absolute Gasteiger partial charge is 1.00 e. The first kappa shape index (κ1) is 58.7. The third-order valence-corrected chi connectivity index (χ3v) is 0. The maximum absolute atomic E-state index is 6.75. The minimum absolute atomic E-state index is 0. The summed E-state index contributed by atoms with van der Waals surface area (Å²) in [7, 11) is 0. The Labute approximate surface area is 57.9 Å². The van der Waals surface area contributed by atoms with Crippen molar-refractivity contribution >= 4 is 0 Å². The molecule has 0 aromatic carbocycles. The van der Waals surface area contributed by atoms with Gasteiger partial charge in [0.25, 0.3) is 0 Å². The standard InChI is InChI=1S/ClH.Cr.N3.2H2O/c;;1-3-2;;/h1H;;;2*1H2/q;+2;-1;;/p-1. The molecule has 0 atom stereocenters. The summed E-state index contributed by atoms with van der Waals surface area (Å²) in [6.07, 6.45) is 0. The Kier molecular flexibility index (Phi) is 1040. The van der Waals surface area contributed by atoms with Crippen LogP contribution in [0.5, 0.6) is 0 Å². The van der Waals surface area contributed by atoms with E-state index in [-0.39, 0.29) is 40.7 Å². The molecule has 0 aliphatic rings. The van der Waals surface area contributed by atoms with Gasteiger partial charge in [-0.1, -0.05) is 0 Å². The SMILES string of the molecule is O.O.[Cl-].[Cr+2].[N]N=[N-]. The number of halogens is 1. The van der Waals surface area contributed by atoms with Crippen molar-refractivity contribution in [1.82, 2.24) is 5.84 Å². The molecule has 7 heavy (non-hydrogen) atoms. The fourth-order valence-electron chi connectivity index (χ4n) is 0. The Morgan fingerprint density at radius 2 is 1.29 bits per heavy atom. The van der Waals surface area contributed by atoms with E-state index in [2.05, 4.69) is 0 Å². The summed E-state index contributed by atoms with van der Waals surface area (Å²) in [6.45, 7) is 0. The van der Waals surface area contributed by atoms with Gasteiger partial charge in [-0.25, -0.2) is 0 Å². The quantitative estimate of drug-likeness (QED) is 0.253. The first-order valence-electron chi connectivity index (χ1n) is 0.400. The van der Waals surface area contributed by atoms with Gasteiger partial charge < -0.3 is 34.7 Å². The average molecular weight is 166 g/mol. The van der Waals surface area contributed by atoms with Crippen molar-refractivity contribution in [3.8, 4) is 0 Å². The van der Waals surface area contributed by atoms with Gasteiger partial charge in [-0.2, -0.15) is 0 Å². The molecule has 2 radical (unpaired) electrons. The Morgan fingerprint density at radius 1 is 1.29 bits per heavy atom. The van der Waals surface area contributed by atoms with Gasteiger partial charge in [-0.05, 0) is 0 Å². The number of nitrogens with zero attached hydrogens (tertiary/aromatic N) is 3. The number of hydrogen-bond acceptors (Lipinski definition) is 1. The third-order valence-electron chi connectivity index (χ3n) is 0. The van der Waals surface area contributed by atoms with Gasteiger partial charge >= 0.3 is 17.4 Å². The molecule has 0 heterocycles. The molecule has 0 amide bonds. The Bertz CT molecular complexity index is 20.4. The number of hydrogen-bond donors (Lipinski definition) is 0. The van der Waals surface area contributed by atoms with E-state index in [1.165, 1.54) is 5.22 Å². The fraction of sp³-hybridized carbons (Fsp3) is 0. The molecule has 44 valence electrons. The van der Waals surface area contributed by atoms with Crippen molar-refractivity contribution in [2.24, 2.45) is 5.22 Å². The summed E-state index contributed by atoms with van der Waals surface area (Å²) < 4.78 is 0. The molecule has 0 saturated carbocycles. The first-order valence-corrected chi connectivity index (χ1v) is 0.400. The van der Waals surface area contributed by atoms with Gasteiger partial charge in [0.15, 0.2) is 0 Å². The van der Waals surface area contributed by atoms with E-state index < -0.39 is 0 Å². The topological polar surface area (TPSA) is 120 Å². The van der Waals surface area contributed by atoms with E-state index in [9.17, 15) is 0 Å². The summed E-state index contributed by atoms with van der Waals surface area (Å²) in [4.78, 5) is 0. The van der Waals surface area contributed by atoms with Gasteiger partial charge in [-0.15, -0.1) is 0 Å². The number of rotatable bonds is 0. The minimum atomic E-state index is 0. The summed E-state index contributed by atoms with van der Waals surface area (Å²) >= 11 is 0. The van der Waals surface area contributed by atoms with Gasteiger partial charge in [0.05, 0.1) is 0 Å². The minimum Gasteiger partial charge on any atom is -1.00 e. The third kappa shape index (κ3) is 5190. The molecule has 0 saturated heterocycles. The van der Waals surface area contributed by atoms with Crippen LogP contribution in [0.4, 0.5) is 0 Å². The molecule has 0 spiro atoms. The van der Waals surface area contributed by atoms with Crippen molar-refractivity contribution in [2.75, 3.05) is 0 Å². The second-order valence-corrected chi connectivity index (χ2v) is 0.0894. The zero-order chi connectivity index (χ0) is 2.71. The molecule has 0 rings (SSSR count). The Hall–Kier alpha value is 0.142. The van der Waals surface area contributed by atoms with Crippen molar-refractivity contribution < 1.29 is 40.7 Å². The monoisotopic (exact) mass is 165 g/mol. The maximum Gasteiger partial charge on any atom is 2.00 e. The van der Waals surface area contributed by atoms with Gasteiger partial charge in [0.1, 0.15) is 0 Å². The molecule has 0 aliphatic carbocycles. The summed E-state index contributed by atoms with van der Waals surface area (Å²) in [5.41, 5.74) is 6.75. The van der Waals surface area contributed by atoms with E-state index in [1.807, 2.05) is 0 Å². The van der Waals surface area contributed by atoms with Crippen LogP contribution in [0.25, 0.3) is 5.53 Å². The van der Waals surface area contributed by atoms with Crippen LogP contribution in [0.15, 0.2) is 5.22 Å².